The van der Waals surface area contributed by atoms with Crippen LogP contribution in [-0.4, -0.2) is 22.6 Å². The van der Waals surface area contributed by atoms with Gasteiger partial charge < -0.3 is 9.30 Å². The minimum absolute atomic E-state index is 0.0716. The summed E-state index contributed by atoms with van der Waals surface area (Å²) < 4.78 is 45.6. The minimum atomic E-state index is -4.43. The van der Waals surface area contributed by atoms with Gasteiger partial charge in [-0.3, -0.25) is 4.98 Å². The lowest BCUT2D eigenvalue weighted by atomic mass is 10.1. The van der Waals surface area contributed by atoms with Crippen molar-refractivity contribution in [3.05, 3.63) is 63.9 Å². The molecule has 0 unspecified atom stereocenters. The van der Waals surface area contributed by atoms with Crippen LogP contribution in [-0.2, 0) is 17.5 Å². The SMILES string of the molecule is COC(=O)c1c(Br)c2ncccc2n1Cc1cccc(C(F)(F)F)c1. The van der Waals surface area contributed by atoms with E-state index in [9.17, 15) is 18.0 Å². The van der Waals surface area contributed by atoms with Crippen LogP contribution in [0, 0.1) is 0 Å². The number of benzene rings is 1. The number of alkyl halides is 3. The van der Waals surface area contributed by atoms with Gasteiger partial charge in [0.15, 0.2) is 0 Å². The molecule has 8 heteroatoms. The molecule has 0 aliphatic carbocycles. The molecule has 0 aliphatic rings. The van der Waals surface area contributed by atoms with E-state index in [0.717, 1.165) is 12.1 Å². The summed E-state index contributed by atoms with van der Waals surface area (Å²) in [6.07, 6.45) is -2.86. The lowest BCUT2D eigenvalue weighted by Crippen LogP contribution is -2.13. The molecule has 0 N–H and O–H groups in total. The molecule has 1 aromatic carbocycles. The maximum atomic E-state index is 12.9. The molecule has 0 spiro atoms. The van der Waals surface area contributed by atoms with Gasteiger partial charge in [0.1, 0.15) is 11.2 Å². The molecule has 4 nitrogen and oxygen atoms in total. The summed E-state index contributed by atoms with van der Waals surface area (Å²) in [6.45, 7) is 0.0716. The zero-order valence-electron chi connectivity index (χ0n) is 13.0. The Morgan fingerprint density at radius 1 is 1.28 bits per heavy atom. The van der Waals surface area contributed by atoms with E-state index in [1.165, 1.54) is 13.2 Å². The minimum Gasteiger partial charge on any atom is -0.464 e. The topological polar surface area (TPSA) is 44.1 Å². The second-order valence-corrected chi connectivity index (χ2v) is 6.10. The first-order chi connectivity index (χ1) is 11.8. The summed E-state index contributed by atoms with van der Waals surface area (Å²) in [6, 6.07) is 8.43. The van der Waals surface area contributed by atoms with Gasteiger partial charge in [-0.2, -0.15) is 13.2 Å². The molecule has 0 fully saturated rings. The van der Waals surface area contributed by atoms with Crippen molar-refractivity contribution in [1.29, 1.82) is 0 Å². The summed E-state index contributed by atoms with van der Waals surface area (Å²) in [5.74, 6) is -0.600. The highest BCUT2D eigenvalue weighted by Gasteiger charge is 2.30. The molecule has 0 bridgehead atoms. The van der Waals surface area contributed by atoms with Crippen molar-refractivity contribution in [1.82, 2.24) is 9.55 Å². The number of methoxy groups -OCH3 is 1. The monoisotopic (exact) mass is 412 g/mol. The number of aromatic nitrogens is 2. The third-order valence-corrected chi connectivity index (χ3v) is 4.49. The first kappa shape index (κ1) is 17.5. The van der Waals surface area contributed by atoms with E-state index in [-0.39, 0.29) is 12.2 Å². The van der Waals surface area contributed by atoms with Crippen molar-refractivity contribution in [2.24, 2.45) is 0 Å². The summed E-state index contributed by atoms with van der Waals surface area (Å²) >= 11 is 3.34. The van der Waals surface area contributed by atoms with Crippen molar-refractivity contribution in [2.45, 2.75) is 12.7 Å². The Kier molecular flexibility index (Phi) is 4.55. The third-order valence-electron chi connectivity index (χ3n) is 3.74. The molecule has 0 radical (unpaired) electrons. The number of rotatable bonds is 3. The molecule has 3 rings (SSSR count). The number of nitrogens with zero attached hydrogens (tertiary/aromatic N) is 2. The Balaban J connectivity index is 2.14. The van der Waals surface area contributed by atoms with E-state index in [2.05, 4.69) is 20.9 Å². The van der Waals surface area contributed by atoms with Crippen LogP contribution in [0.3, 0.4) is 0 Å². The summed E-state index contributed by atoms with van der Waals surface area (Å²) in [7, 11) is 1.24. The average Bonchev–Trinajstić information content (AvgIpc) is 2.86. The number of halogens is 4. The fraction of sp³-hybridized carbons (Fsp3) is 0.176. The van der Waals surface area contributed by atoms with E-state index in [0.29, 0.717) is 21.1 Å². The van der Waals surface area contributed by atoms with Gasteiger partial charge in [-0.15, -0.1) is 0 Å². The quantitative estimate of drug-likeness (QED) is 0.588. The van der Waals surface area contributed by atoms with Gasteiger partial charge in [-0.25, -0.2) is 4.79 Å². The predicted molar refractivity (Wildman–Crippen MR) is 89.3 cm³/mol. The Bertz CT molecular complexity index is 951. The lowest BCUT2D eigenvalue weighted by molar-refractivity contribution is -0.137. The fourth-order valence-corrected chi connectivity index (χ4v) is 3.31. The lowest BCUT2D eigenvalue weighted by Gasteiger charge is -2.12. The average molecular weight is 413 g/mol. The van der Waals surface area contributed by atoms with Crippen LogP contribution < -0.4 is 0 Å². The largest absolute Gasteiger partial charge is 0.464 e. The second kappa shape index (κ2) is 6.51. The van der Waals surface area contributed by atoms with Gasteiger partial charge >= 0.3 is 12.1 Å². The summed E-state index contributed by atoms with van der Waals surface area (Å²) in [5.41, 5.74) is 1.03. The standard InChI is InChI=1S/C17H12BrF3N2O2/c1-25-16(24)15-13(18)14-12(6-3-7-22-14)23(15)9-10-4-2-5-11(8-10)17(19,20)21/h2-8H,9H2,1H3. The highest BCUT2D eigenvalue weighted by Crippen LogP contribution is 2.32. The number of carbonyl (C=O) groups excluding carboxylic acids is 1. The van der Waals surface area contributed by atoms with Crippen LogP contribution >= 0.6 is 15.9 Å². The van der Waals surface area contributed by atoms with Gasteiger partial charge in [0.25, 0.3) is 0 Å². The van der Waals surface area contributed by atoms with Gasteiger partial charge in [-0.05, 0) is 45.8 Å². The smallest absolute Gasteiger partial charge is 0.416 e. The zero-order valence-corrected chi connectivity index (χ0v) is 14.6. The summed E-state index contributed by atoms with van der Waals surface area (Å²) in [4.78, 5) is 16.4. The second-order valence-electron chi connectivity index (χ2n) is 5.31. The van der Waals surface area contributed by atoms with E-state index in [1.807, 2.05) is 0 Å². The van der Waals surface area contributed by atoms with Crippen molar-refractivity contribution in [3.63, 3.8) is 0 Å². The number of esters is 1. The highest BCUT2D eigenvalue weighted by molar-refractivity contribution is 9.10. The first-order valence-electron chi connectivity index (χ1n) is 7.20. The highest BCUT2D eigenvalue weighted by atomic mass is 79.9. The van der Waals surface area contributed by atoms with Gasteiger partial charge in [-0.1, -0.05) is 12.1 Å². The van der Waals surface area contributed by atoms with Crippen LogP contribution in [0.2, 0.25) is 0 Å². The Morgan fingerprint density at radius 2 is 2.04 bits per heavy atom. The number of pyridine rings is 1. The number of ether oxygens (including phenoxy) is 1. The molecular weight excluding hydrogens is 401 g/mol. The van der Waals surface area contributed by atoms with Gasteiger partial charge in [0, 0.05) is 12.7 Å². The molecule has 0 amide bonds. The molecule has 0 atom stereocenters. The first-order valence-corrected chi connectivity index (χ1v) is 7.99. The van der Waals surface area contributed by atoms with Crippen molar-refractivity contribution < 1.29 is 22.7 Å². The molecular formula is C17H12BrF3N2O2. The molecule has 2 aromatic heterocycles. The Morgan fingerprint density at radius 3 is 2.72 bits per heavy atom. The number of fused-ring (bicyclic) bond motifs is 1. The van der Waals surface area contributed by atoms with E-state index in [4.69, 9.17) is 4.74 Å². The molecule has 0 aliphatic heterocycles. The Hall–Kier alpha value is -2.35. The van der Waals surface area contributed by atoms with Crippen LogP contribution in [0.1, 0.15) is 21.6 Å². The molecule has 25 heavy (non-hydrogen) atoms. The van der Waals surface area contributed by atoms with E-state index in [1.54, 1.807) is 29.0 Å². The zero-order chi connectivity index (χ0) is 18.2. The van der Waals surface area contributed by atoms with Crippen molar-refractivity contribution >= 4 is 32.9 Å². The van der Waals surface area contributed by atoms with Crippen LogP contribution in [0.5, 0.6) is 0 Å². The fourth-order valence-electron chi connectivity index (χ4n) is 2.62. The maximum absolute atomic E-state index is 12.9. The number of hydrogen-bond donors (Lipinski definition) is 0. The van der Waals surface area contributed by atoms with Crippen molar-refractivity contribution in [2.75, 3.05) is 7.11 Å². The molecule has 2 heterocycles. The van der Waals surface area contributed by atoms with Crippen LogP contribution in [0.15, 0.2) is 47.1 Å². The maximum Gasteiger partial charge on any atom is 0.416 e. The molecule has 130 valence electrons. The van der Waals surface area contributed by atoms with Gasteiger partial charge in [0.2, 0.25) is 0 Å². The normalized spacial score (nSPS) is 11.7. The number of hydrogen-bond acceptors (Lipinski definition) is 3. The van der Waals surface area contributed by atoms with Gasteiger partial charge in [0.05, 0.1) is 22.7 Å². The third kappa shape index (κ3) is 3.26. The van der Waals surface area contributed by atoms with Crippen LogP contribution in [0.4, 0.5) is 13.2 Å². The Labute approximate surface area is 149 Å². The van der Waals surface area contributed by atoms with E-state index >= 15 is 0 Å². The predicted octanol–water partition coefficient (Wildman–Crippen LogP) is 4.65. The molecule has 0 saturated carbocycles. The van der Waals surface area contributed by atoms with E-state index < -0.39 is 17.7 Å². The molecule has 3 aromatic rings. The summed E-state index contributed by atoms with van der Waals surface area (Å²) in [5, 5.41) is 0. The van der Waals surface area contributed by atoms with Crippen LogP contribution in [0.25, 0.3) is 11.0 Å². The number of carbonyl (C=O) groups is 1. The molecule has 0 saturated heterocycles. The van der Waals surface area contributed by atoms with Crippen molar-refractivity contribution in [3.8, 4) is 0 Å².